The molecule has 0 fully saturated rings. The van der Waals surface area contributed by atoms with Crippen LogP contribution in [0.3, 0.4) is 0 Å². The Morgan fingerprint density at radius 2 is 0.875 bits per heavy atom. The predicted molar refractivity (Wildman–Crippen MR) is 116 cm³/mol. The fourth-order valence-electron chi connectivity index (χ4n) is 4.89. The van der Waals surface area contributed by atoms with Crippen molar-refractivity contribution in [3.05, 3.63) is 147 Å². The summed E-state index contributed by atoms with van der Waals surface area (Å²) in [5, 5.41) is 0. The molecular weight excluding hydrogens is 491 g/mol. The Kier molecular flexibility index (Phi) is 9.40. The van der Waals surface area contributed by atoms with Gasteiger partial charge in [-0.25, -0.2) is 0 Å². The number of halogens is 3. The molecule has 4 heteroatoms. The Bertz CT molecular complexity index is 1060. The summed E-state index contributed by atoms with van der Waals surface area (Å²) in [6.07, 6.45) is 2.36. The predicted octanol–water partition coefficient (Wildman–Crippen LogP) is -2.28. The molecule has 32 heavy (non-hydrogen) atoms. The molecule has 0 bridgehead atoms. The summed E-state index contributed by atoms with van der Waals surface area (Å²) in [7, 11) is 0. The van der Waals surface area contributed by atoms with Crippen LogP contribution in [0, 0.1) is 0 Å². The van der Waals surface area contributed by atoms with Gasteiger partial charge < -0.3 is 37.2 Å². The van der Waals surface area contributed by atoms with E-state index in [1.54, 1.807) is 0 Å². The number of hydrogen-bond acceptors (Lipinski definition) is 0. The first-order valence-electron chi connectivity index (χ1n) is 10.0. The quantitative estimate of drug-likeness (QED) is 0.214. The maximum absolute atomic E-state index is 2.36. The number of benzene rings is 4. The number of hydrogen-bond donors (Lipinski definition) is 0. The van der Waals surface area contributed by atoms with Crippen LogP contribution in [-0.2, 0) is 25.9 Å². The Labute approximate surface area is 220 Å². The molecule has 4 aromatic carbocycles. The topological polar surface area (TPSA) is 0 Å². The second-order valence-electron chi connectivity index (χ2n) is 7.57. The zero-order chi connectivity index (χ0) is 19.7. The van der Waals surface area contributed by atoms with E-state index < -0.39 is 0 Å². The first kappa shape index (κ1) is 26.5. The van der Waals surface area contributed by atoms with Gasteiger partial charge in [-0.2, -0.15) is 0 Å². The van der Waals surface area contributed by atoms with Crippen LogP contribution in [0.5, 0.6) is 0 Å². The average Bonchev–Trinajstić information content (AvgIpc) is 3.13. The van der Waals surface area contributed by atoms with Crippen molar-refractivity contribution in [1.29, 1.82) is 0 Å². The molecule has 0 saturated heterocycles. The molecule has 1 aliphatic carbocycles. The van der Waals surface area contributed by atoms with Crippen molar-refractivity contribution in [2.75, 3.05) is 0 Å². The van der Waals surface area contributed by atoms with Gasteiger partial charge in [-0.3, -0.25) is 0 Å². The molecule has 0 heterocycles. The fourth-order valence-corrected chi connectivity index (χ4v) is 5.72. The van der Waals surface area contributed by atoms with Gasteiger partial charge in [0.1, 0.15) is 0 Å². The van der Waals surface area contributed by atoms with Crippen molar-refractivity contribution < 1.29 is 57.7 Å². The Balaban J connectivity index is 0.00000121. The minimum absolute atomic E-state index is 0. The maximum atomic E-state index is 2.36. The summed E-state index contributed by atoms with van der Waals surface area (Å²) in [5.74, 6) is 0.242. The zero-order valence-electron chi connectivity index (χ0n) is 17.3. The molecule has 0 N–H and O–H groups in total. The third-order valence-corrected chi connectivity index (χ3v) is 6.73. The molecule has 1 unspecified atom stereocenters. The summed E-state index contributed by atoms with van der Waals surface area (Å²) in [6, 6.07) is 41.9. The molecule has 1 atom stereocenters. The summed E-state index contributed by atoms with van der Waals surface area (Å²) in [6.45, 7) is 0. The van der Waals surface area contributed by atoms with E-state index in [4.69, 9.17) is 0 Å². The van der Waals surface area contributed by atoms with Crippen molar-refractivity contribution in [3.8, 4) is 0 Å². The third-order valence-electron chi connectivity index (χ3n) is 6.05. The standard InChI is InChI=1S/C28H21.3ClH.Ti/c1-4-13-23(14-5-1)28(24-15-6-2-7-16-24,25-17-8-3-9-18-25)27-21-20-22-12-10-11-19-26(22)27;;;;/h1-20,27H;3*1H;/q;;;;+3/p-3. The van der Waals surface area contributed by atoms with Crippen LogP contribution in [0.2, 0.25) is 0 Å². The van der Waals surface area contributed by atoms with E-state index in [-0.39, 0.29) is 48.6 Å². The molecule has 0 aromatic heterocycles. The molecule has 1 aliphatic rings. The van der Waals surface area contributed by atoms with Crippen LogP contribution in [0.15, 0.2) is 119 Å². The molecule has 0 radical (unpaired) electrons. The Morgan fingerprint density at radius 1 is 0.500 bits per heavy atom. The van der Waals surface area contributed by atoms with Crippen LogP contribution in [0.4, 0.5) is 0 Å². The van der Waals surface area contributed by atoms with Gasteiger partial charge >= 0.3 is 185 Å². The summed E-state index contributed by atoms with van der Waals surface area (Å²) in [5.41, 5.74) is 6.42. The van der Waals surface area contributed by atoms with Gasteiger partial charge in [-0.1, -0.05) is 0 Å². The van der Waals surface area contributed by atoms with E-state index in [1.165, 1.54) is 31.7 Å². The molecule has 158 valence electrons. The van der Waals surface area contributed by atoms with Crippen LogP contribution in [-0.4, -0.2) is 0 Å². The van der Waals surface area contributed by atoms with E-state index in [0.29, 0.717) is 0 Å². The second kappa shape index (κ2) is 11.4. The summed E-state index contributed by atoms with van der Waals surface area (Å²) in [4.78, 5) is 0. The van der Waals surface area contributed by atoms with Crippen LogP contribution < -0.4 is 37.2 Å². The summed E-state index contributed by atoms with van der Waals surface area (Å²) < 4.78 is 1.41. The zero-order valence-corrected chi connectivity index (χ0v) is 21.1. The van der Waals surface area contributed by atoms with Crippen molar-refractivity contribution in [2.45, 2.75) is 11.3 Å². The van der Waals surface area contributed by atoms with Gasteiger partial charge in [0.15, 0.2) is 0 Å². The van der Waals surface area contributed by atoms with Gasteiger partial charge in [0.25, 0.3) is 0 Å². The first-order chi connectivity index (χ1) is 14.3. The monoisotopic (exact) mass is 510 g/mol. The normalized spacial score (nSPS) is 14.2. The van der Waals surface area contributed by atoms with Gasteiger partial charge in [-0.15, -0.1) is 0 Å². The number of fused-ring (bicyclic) bond motifs is 1. The van der Waals surface area contributed by atoms with Crippen LogP contribution in [0.1, 0.15) is 33.7 Å². The van der Waals surface area contributed by atoms with E-state index in [1.807, 2.05) is 0 Å². The number of allylic oxidation sites excluding steroid dienone is 1. The minimum atomic E-state index is -0.295. The third kappa shape index (κ3) is 4.36. The molecule has 0 nitrogen and oxygen atoms in total. The van der Waals surface area contributed by atoms with E-state index in [9.17, 15) is 0 Å². The first-order valence-corrected chi connectivity index (χ1v) is 10.8. The SMILES string of the molecule is [Cl-].[Cl-].[Cl-].[Ti+3][C]1=Cc2ccccc2C1C(c1ccccc1)(c1ccccc1)c1ccccc1. The van der Waals surface area contributed by atoms with Gasteiger partial charge in [0.05, 0.1) is 0 Å². The van der Waals surface area contributed by atoms with Crippen molar-refractivity contribution in [1.82, 2.24) is 0 Å². The van der Waals surface area contributed by atoms with E-state index in [0.717, 1.165) is 0 Å². The van der Waals surface area contributed by atoms with Gasteiger partial charge in [0.2, 0.25) is 0 Å². The molecule has 4 aromatic rings. The Hall–Kier alpha value is -1.80. The van der Waals surface area contributed by atoms with Crippen molar-refractivity contribution >= 4 is 6.08 Å². The second-order valence-corrected chi connectivity index (χ2v) is 8.47. The molecule has 0 saturated carbocycles. The van der Waals surface area contributed by atoms with Crippen LogP contribution in [0.25, 0.3) is 6.08 Å². The molecule has 0 spiro atoms. The fraction of sp³-hybridized carbons (Fsp3) is 0.0714. The number of rotatable bonds is 4. The molecule has 0 amide bonds. The van der Waals surface area contributed by atoms with E-state index in [2.05, 4.69) is 142 Å². The average molecular weight is 512 g/mol. The molecular formula is C28H21Cl3Ti. The van der Waals surface area contributed by atoms with Crippen LogP contribution >= 0.6 is 0 Å². The van der Waals surface area contributed by atoms with Crippen molar-refractivity contribution in [2.24, 2.45) is 0 Å². The summed E-state index contributed by atoms with van der Waals surface area (Å²) >= 11 is 2.29. The van der Waals surface area contributed by atoms with Gasteiger partial charge in [0, 0.05) is 0 Å². The van der Waals surface area contributed by atoms with E-state index >= 15 is 0 Å². The van der Waals surface area contributed by atoms with Gasteiger partial charge in [-0.05, 0) is 0 Å². The Morgan fingerprint density at radius 3 is 1.31 bits per heavy atom. The molecule has 5 rings (SSSR count). The molecule has 0 aliphatic heterocycles. The van der Waals surface area contributed by atoms with Crippen molar-refractivity contribution in [3.63, 3.8) is 0 Å².